The molecule has 1 aliphatic rings. The van der Waals surface area contributed by atoms with E-state index in [0.717, 1.165) is 0 Å². The number of ketones is 1. The van der Waals surface area contributed by atoms with Gasteiger partial charge < -0.3 is 14.2 Å². The number of aldehydes is 1. The van der Waals surface area contributed by atoms with E-state index in [-0.39, 0.29) is 12.1 Å². The molecule has 0 spiro atoms. The third kappa shape index (κ3) is 4.87. The largest absolute Gasteiger partial charge is 0.486 e. The van der Waals surface area contributed by atoms with Crippen LogP contribution in [0.5, 0.6) is 0 Å². The lowest BCUT2D eigenvalue weighted by Crippen LogP contribution is -2.45. The molecule has 1 fully saturated rings. The van der Waals surface area contributed by atoms with Gasteiger partial charge in [-0.3, -0.25) is 9.59 Å². The van der Waals surface area contributed by atoms with Crippen molar-refractivity contribution in [2.24, 2.45) is 0 Å². The quantitative estimate of drug-likeness (QED) is 0.471. The monoisotopic (exact) mass is 305 g/mol. The molecule has 1 aliphatic heterocycles. The second-order valence-electron chi connectivity index (χ2n) is 5.06. The highest BCUT2D eigenvalue weighted by Gasteiger charge is 2.29. The van der Waals surface area contributed by atoms with Crippen molar-refractivity contribution in [2.75, 3.05) is 26.7 Å². The molecule has 1 unspecified atom stereocenters. The van der Waals surface area contributed by atoms with Crippen LogP contribution in [0.3, 0.4) is 0 Å². The van der Waals surface area contributed by atoms with E-state index in [1.165, 1.54) is 12.1 Å². The van der Waals surface area contributed by atoms with Crippen LogP contribution in [-0.4, -0.2) is 56.9 Å². The molecule has 0 radical (unpaired) electrons. The molecule has 116 valence electrons. The van der Waals surface area contributed by atoms with Gasteiger partial charge in [-0.15, -0.1) is 0 Å². The van der Waals surface area contributed by atoms with E-state index in [9.17, 15) is 14.0 Å². The van der Waals surface area contributed by atoms with Crippen LogP contribution < -0.4 is 0 Å². The van der Waals surface area contributed by atoms with Crippen molar-refractivity contribution < 1.29 is 23.3 Å². The normalized spacial score (nSPS) is 20.6. The highest BCUT2D eigenvalue weighted by Crippen LogP contribution is 2.10. The molecule has 22 heavy (non-hydrogen) atoms. The lowest BCUT2D eigenvalue weighted by Gasteiger charge is -2.27. The molecule has 0 amide bonds. The van der Waals surface area contributed by atoms with Gasteiger partial charge in [0.15, 0.2) is 6.29 Å². The zero-order valence-electron chi connectivity index (χ0n) is 12.3. The predicted octanol–water partition coefficient (Wildman–Crippen LogP) is 0.982. The Labute approximate surface area is 128 Å². The first-order valence-corrected chi connectivity index (χ1v) is 6.97. The summed E-state index contributed by atoms with van der Waals surface area (Å²) < 4.78 is 24.2. The third-order valence-electron chi connectivity index (χ3n) is 3.26. The van der Waals surface area contributed by atoms with Gasteiger partial charge in [0.2, 0.25) is 5.78 Å². The molecular formula is C15H17BFNO4. The van der Waals surface area contributed by atoms with E-state index in [2.05, 4.69) is 0 Å². The second kappa shape index (κ2) is 7.98. The van der Waals surface area contributed by atoms with Crippen molar-refractivity contribution in [2.45, 2.75) is 6.10 Å². The summed E-state index contributed by atoms with van der Waals surface area (Å²) in [7, 11) is 1.06. The molecule has 1 heterocycles. The highest BCUT2D eigenvalue weighted by molar-refractivity contribution is 6.52. The van der Waals surface area contributed by atoms with E-state index in [1.54, 1.807) is 24.2 Å². The van der Waals surface area contributed by atoms with Crippen LogP contribution in [0.25, 0.3) is 6.08 Å². The number of Topliss-reactive ketones (excluding diaryl/α,β-unsaturated/α-hetero) is 1. The van der Waals surface area contributed by atoms with Gasteiger partial charge in [-0.2, -0.15) is 0 Å². The second-order valence-corrected chi connectivity index (χ2v) is 5.06. The van der Waals surface area contributed by atoms with Gasteiger partial charge in [0, 0.05) is 19.7 Å². The van der Waals surface area contributed by atoms with Crippen molar-refractivity contribution in [3.05, 3.63) is 41.6 Å². The molecule has 0 N–H and O–H groups in total. The first kappa shape index (κ1) is 16.5. The first-order chi connectivity index (χ1) is 10.6. The molecule has 0 saturated carbocycles. The lowest BCUT2D eigenvalue weighted by atomic mass is 9.87. The van der Waals surface area contributed by atoms with Crippen LogP contribution in [0.2, 0.25) is 0 Å². The molecule has 1 saturated heterocycles. The summed E-state index contributed by atoms with van der Waals surface area (Å²) in [6.07, 6.45) is 1.04. The van der Waals surface area contributed by atoms with E-state index < -0.39 is 19.0 Å². The maximum absolute atomic E-state index is 13.1. The topological polar surface area (TPSA) is 55.8 Å². The Hall–Kier alpha value is -1.83. The molecule has 0 aromatic heterocycles. The zero-order chi connectivity index (χ0) is 15.9. The average Bonchev–Trinajstić information content (AvgIpc) is 2.48. The molecule has 1 aromatic rings. The Bertz CT molecular complexity index is 566. The summed E-state index contributed by atoms with van der Waals surface area (Å²) >= 11 is 0. The van der Waals surface area contributed by atoms with Crippen LogP contribution in [0.15, 0.2) is 30.2 Å². The first-order valence-electron chi connectivity index (χ1n) is 6.97. The molecule has 7 heteroatoms. The fourth-order valence-corrected chi connectivity index (χ4v) is 2.08. The molecule has 0 bridgehead atoms. The highest BCUT2D eigenvalue weighted by atomic mass is 19.1. The zero-order valence-corrected chi connectivity index (χ0v) is 12.3. The van der Waals surface area contributed by atoms with Crippen molar-refractivity contribution in [1.29, 1.82) is 0 Å². The van der Waals surface area contributed by atoms with E-state index >= 15 is 0 Å². The van der Waals surface area contributed by atoms with Crippen LogP contribution in [-0.2, 0) is 18.9 Å². The van der Waals surface area contributed by atoms with Gasteiger partial charge in [-0.25, -0.2) is 4.39 Å². The third-order valence-corrected chi connectivity index (χ3v) is 3.26. The summed E-state index contributed by atoms with van der Waals surface area (Å²) in [6.45, 7) is 1.37. The van der Waals surface area contributed by atoms with Gasteiger partial charge in [0.05, 0.1) is 0 Å². The van der Waals surface area contributed by atoms with E-state index in [4.69, 9.17) is 9.31 Å². The number of hydrogen-bond acceptors (Lipinski definition) is 5. The fourth-order valence-electron chi connectivity index (χ4n) is 2.08. The van der Waals surface area contributed by atoms with Crippen molar-refractivity contribution >= 4 is 25.3 Å². The van der Waals surface area contributed by atoms with Gasteiger partial charge in [-0.1, -0.05) is 24.2 Å². The van der Waals surface area contributed by atoms with Gasteiger partial charge in [-0.05, 0) is 24.7 Å². The van der Waals surface area contributed by atoms with Crippen LogP contribution in [0.4, 0.5) is 4.39 Å². The summed E-state index contributed by atoms with van der Waals surface area (Å²) in [5.74, 6) is 0.643. The minimum Gasteiger partial charge on any atom is -0.406 e. The summed E-state index contributed by atoms with van der Waals surface area (Å²) in [5.41, 5.74) is 0.657. The molecule has 0 aliphatic carbocycles. The lowest BCUT2D eigenvalue weighted by molar-refractivity contribution is -0.136. The Morgan fingerprint density at radius 1 is 1.50 bits per heavy atom. The van der Waals surface area contributed by atoms with E-state index in [0.29, 0.717) is 25.3 Å². The Morgan fingerprint density at radius 2 is 2.32 bits per heavy atom. The Balaban J connectivity index is 2.07. The SMILES string of the molecule is CN1CCOB(C=Cc2cccc(F)c2)OC(C(=O)C=O)C1. The number of rotatable bonds is 4. The van der Waals surface area contributed by atoms with Crippen molar-refractivity contribution in [3.63, 3.8) is 0 Å². The predicted molar refractivity (Wildman–Crippen MR) is 80.6 cm³/mol. The summed E-state index contributed by atoms with van der Waals surface area (Å²) in [4.78, 5) is 24.1. The maximum atomic E-state index is 13.1. The summed E-state index contributed by atoms with van der Waals surface area (Å²) in [5, 5.41) is 0. The molecule has 2 rings (SSSR count). The van der Waals surface area contributed by atoms with Gasteiger partial charge in [0.25, 0.3) is 0 Å². The smallest absolute Gasteiger partial charge is 0.406 e. The van der Waals surface area contributed by atoms with Crippen LogP contribution in [0.1, 0.15) is 5.56 Å². The van der Waals surface area contributed by atoms with Crippen molar-refractivity contribution in [1.82, 2.24) is 4.90 Å². The number of likely N-dealkylation sites (N-methyl/N-ethyl adjacent to an activating group) is 1. The molecule has 1 atom stereocenters. The number of carbonyl (C=O) groups excluding carboxylic acids is 2. The molecular weight excluding hydrogens is 288 g/mol. The summed E-state index contributed by atoms with van der Waals surface area (Å²) in [6, 6.07) is 6.07. The number of carbonyl (C=O) groups is 2. The van der Waals surface area contributed by atoms with Crippen molar-refractivity contribution in [3.8, 4) is 0 Å². The number of nitrogens with zero attached hydrogens (tertiary/aromatic N) is 1. The van der Waals surface area contributed by atoms with E-state index in [1.807, 2.05) is 11.9 Å². The minimum absolute atomic E-state index is 0.257. The van der Waals surface area contributed by atoms with Crippen LogP contribution >= 0.6 is 0 Å². The average molecular weight is 305 g/mol. The molecule has 1 aromatic carbocycles. The number of hydrogen-bond donors (Lipinski definition) is 0. The fraction of sp³-hybridized carbons (Fsp3) is 0.333. The maximum Gasteiger partial charge on any atom is 0.486 e. The minimum atomic E-state index is -0.870. The van der Waals surface area contributed by atoms with Crippen LogP contribution in [0, 0.1) is 5.82 Å². The molecule has 5 nitrogen and oxygen atoms in total. The van der Waals surface area contributed by atoms with Gasteiger partial charge >= 0.3 is 7.12 Å². The van der Waals surface area contributed by atoms with Gasteiger partial charge in [0.1, 0.15) is 11.9 Å². The number of halogens is 1. The Kier molecular flexibility index (Phi) is 6.00. The standard InChI is InChI=1S/C15H17BFNO4/c1-18-7-8-21-16(22-15(10-18)14(20)11-19)6-5-12-3-2-4-13(17)9-12/h2-6,9,11,15H,7-8,10H2,1H3. The number of benzene rings is 1. The Morgan fingerprint density at radius 3 is 3.05 bits per heavy atom.